The maximum Gasteiger partial charge on any atom is 0.325 e. The average Bonchev–Trinajstić information content (AvgIpc) is 2.33. The van der Waals surface area contributed by atoms with Gasteiger partial charge in [-0.25, -0.2) is 0 Å². The van der Waals surface area contributed by atoms with Gasteiger partial charge in [-0.05, 0) is 33.6 Å². The first-order valence-corrected chi connectivity index (χ1v) is 7.10. The normalized spacial score (nSPS) is 18.0. The van der Waals surface area contributed by atoms with Crippen molar-refractivity contribution in [1.29, 1.82) is 0 Å². The number of carbonyl (C=O) groups is 1. The molecule has 0 bridgehead atoms. The van der Waals surface area contributed by atoms with Crippen LogP contribution in [0.5, 0.6) is 0 Å². The van der Waals surface area contributed by atoms with E-state index < -0.39 is 5.60 Å². The molecule has 1 aliphatic carbocycles. The lowest BCUT2D eigenvalue weighted by molar-refractivity contribution is -0.153. The second-order valence-corrected chi connectivity index (χ2v) is 5.99. The van der Waals surface area contributed by atoms with E-state index in [1.165, 1.54) is 32.1 Å². The molecule has 0 aliphatic heterocycles. The van der Waals surface area contributed by atoms with Crippen molar-refractivity contribution in [2.24, 2.45) is 4.99 Å². The molecular formula is C14H27N3O2. The highest BCUT2D eigenvalue weighted by atomic mass is 16.6. The number of hydrogen-bond acceptors (Lipinski definition) is 3. The van der Waals surface area contributed by atoms with E-state index in [2.05, 4.69) is 15.6 Å². The van der Waals surface area contributed by atoms with Gasteiger partial charge in [0.2, 0.25) is 0 Å². The Labute approximate surface area is 116 Å². The van der Waals surface area contributed by atoms with Gasteiger partial charge >= 0.3 is 5.97 Å². The second kappa shape index (κ2) is 7.36. The summed E-state index contributed by atoms with van der Waals surface area (Å²) < 4.78 is 5.24. The molecule has 0 radical (unpaired) electrons. The summed E-state index contributed by atoms with van der Waals surface area (Å²) in [6.07, 6.45) is 6.20. The highest BCUT2D eigenvalue weighted by Gasteiger charge is 2.18. The highest BCUT2D eigenvalue weighted by Crippen LogP contribution is 2.17. The molecule has 0 aromatic heterocycles. The van der Waals surface area contributed by atoms with E-state index in [-0.39, 0.29) is 12.5 Å². The fourth-order valence-electron chi connectivity index (χ4n) is 2.17. The van der Waals surface area contributed by atoms with Crippen molar-refractivity contribution in [2.45, 2.75) is 64.5 Å². The fraction of sp³-hybridized carbons (Fsp3) is 0.857. The molecular weight excluding hydrogens is 242 g/mol. The van der Waals surface area contributed by atoms with Gasteiger partial charge in [0.05, 0.1) is 0 Å². The molecule has 1 rings (SSSR count). The van der Waals surface area contributed by atoms with Gasteiger partial charge in [-0.2, -0.15) is 0 Å². The van der Waals surface area contributed by atoms with Crippen LogP contribution in [0.3, 0.4) is 0 Å². The summed E-state index contributed by atoms with van der Waals surface area (Å²) >= 11 is 0. The first-order chi connectivity index (χ1) is 8.90. The summed E-state index contributed by atoms with van der Waals surface area (Å²) in [4.78, 5) is 15.7. The summed E-state index contributed by atoms with van der Waals surface area (Å²) in [6.45, 7) is 5.73. The summed E-state index contributed by atoms with van der Waals surface area (Å²) in [5, 5.41) is 6.36. The standard InChI is InChI=1S/C14H27N3O2/c1-14(2,3)19-12(18)10-16-13(15-4)17-11-8-6-5-7-9-11/h11H,5-10H2,1-4H3,(H2,15,16,17). The van der Waals surface area contributed by atoms with Gasteiger partial charge in [0.1, 0.15) is 12.1 Å². The van der Waals surface area contributed by atoms with Crippen LogP contribution >= 0.6 is 0 Å². The molecule has 0 amide bonds. The molecule has 1 saturated carbocycles. The second-order valence-electron chi connectivity index (χ2n) is 5.99. The van der Waals surface area contributed by atoms with Crippen LogP contribution in [0, 0.1) is 0 Å². The van der Waals surface area contributed by atoms with Crippen LogP contribution in [0.25, 0.3) is 0 Å². The van der Waals surface area contributed by atoms with Crippen molar-refractivity contribution in [2.75, 3.05) is 13.6 Å². The molecule has 0 aromatic carbocycles. The molecule has 0 saturated heterocycles. The number of guanidine groups is 1. The number of nitrogens with one attached hydrogen (secondary N) is 2. The molecule has 0 atom stereocenters. The monoisotopic (exact) mass is 269 g/mol. The van der Waals surface area contributed by atoms with Crippen molar-refractivity contribution in [1.82, 2.24) is 10.6 Å². The number of esters is 1. The SMILES string of the molecule is CN=C(NCC(=O)OC(C)(C)C)NC1CCCCC1. The first-order valence-electron chi connectivity index (χ1n) is 7.10. The van der Waals surface area contributed by atoms with Gasteiger partial charge in [-0.15, -0.1) is 0 Å². The number of rotatable bonds is 3. The molecule has 0 spiro atoms. The topological polar surface area (TPSA) is 62.7 Å². The highest BCUT2D eigenvalue weighted by molar-refractivity contribution is 5.84. The van der Waals surface area contributed by atoms with Gasteiger partial charge in [0.25, 0.3) is 0 Å². The van der Waals surface area contributed by atoms with Crippen molar-refractivity contribution in [3.8, 4) is 0 Å². The minimum Gasteiger partial charge on any atom is -0.459 e. The Morgan fingerprint density at radius 2 is 1.89 bits per heavy atom. The number of hydrogen-bond donors (Lipinski definition) is 2. The minimum absolute atomic E-state index is 0.143. The van der Waals surface area contributed by atoms with Gasteiger partial charge in [0.15, 0.2) is 5.96 Å². The zero-order valence-electron chi connectivity index (χ0n) is 12.6. The van der Waals surface area contributed by atoms with Crippen LogP contribution < -0.4 is 10.6 Å². The van der Waals surface area contributed by atoms with Gasteiger partial charge in [-0.3, -0.25) is 9.79 Å². The Kier molecular flexibility index (Phi) is 6.12. The molecule has 0 heterocycles. The summed E-state index contributed by atoms with van der Waals surface area (Å²) in [5.74, 6) is 0.414. The molecule has 5 nitrogen and oxygen atoms in total. The van der Waals surface area contributed by atoms with Gasteiger partial charge < -0.3 is 15.4 Å². The third kappa shape index (κ3) is 7.03. The Morgan fingerprint density at radius 1 is 1.26 bits per heavy atom. The predicted molar refractivity (Wildman–Crippen MR) is 77.2 cm³/mol. The Balaban J connectivity index is 2.30. The molecule has 5 heteroatoms. The molecule has 2 N–H and O–H groups in total. The maximum absolute atomic E-state index is 11.6. The summed E-state index contributed by atoms with van der Waals surface area (Å²) in [7, 11) is 1.72. The number of aliphatic imine (C=N–C) groups is 1. The van der Waals surface area contributed by atoms with E-state index in [0.29, 0.717) is 12.0 Å². The quantitative estimate of drug-likeness (QED) is 0.466. The van der Waals surface area contributed by atoms with Crippen molar-refractivity contribution >= 4 is 11.9 Å². The lowest BCUT2D eigenvalue weighted by atomic mass is 9.96. The van der Waals surface area contributed by atoms with E-state index in [1.807, 2.05) is 20.8 Å². The smallest absolute Gasteiger partial charge is 0.325 e. The largest absolute Gasteiger partial charge is 0.459 e. The van der Waals surface area contributed by atoms with E-state index in [4.69, 9.17) is 4.74 Å². The Morgan fingerprint density at radius 3 is 2.42 bits per heavy atom. The van der Waals surface area contributed by atoms with Crippen LogP contribution in [0.4, 0.5) is 0 Å². The van der Waals surface area contributed by atoms with E-state index >= 15 is 0 Å². The third-order valence-electron chi connectivity index (χ3n) is 2.99. The first kappa shape index (κ1) is 15.8. The number of nitrogens with zero attached hydrogens (tertiary/aromatic N) is 1. The van der Waals surface area contributed by atoms with Crippen molar-refractivity contribution in [3.63, 3.8) is 0 Å². The van der Waals surface area contributed by atoms with Crippen LogP contribution in [0.15, 0.2) is 4.99 Å². The molecule has 1 aliphatic rings. The molecule has 0 unspecified atom stereocenters. The number of ether oxygens (including phenoxy) is 1. The lowest BCUT2D eigenvalue weighted by Crippen LogP contribution is -2.46. The Bertz CT molecular complexity index is 315. The zero-order valence-corrected chi connectivity index (χ0v) is 12.6. The predicted octanol–water partition coefficient (Wildman–Crippen LogP) is 1.83. The zero-order chi connectivity index (χ0) is 14.3. The van der Waals surface area contributed by atoms with Crippen LogP contribution in [-0.4, -0.2) is 37.2 Å². The van der Waals surface area contributed by atoms with Gasteiger partial charge in [-0.1, -0.05) is 19.3 Å². The summed E-state index contributed by atoms with van der Waals surface area (Å²) in [5.41, 5.74) is -0.445. The van der Waals surface area contributed by atoms with E-state index in [1.54, 1.807) is 7.05 Å². The van der Waals surface area contributed by atoms with E-state index in [0.717, 1.165) is 0 Å². The third-order valence-corrected chi connectivity index (χ3v) is 2.99. The maximum atomic E-state index is 11.6. The van der Waals surface area contributed by atoms with Crippen LogP contribution in [0.1, 0.15) is 52.9 Å². The van der Waals surface area contributed by atoms with Crippen molar-refractivity contribution < 1.29 is 9.53 Å². The minimum atomic E-state index is -0.445. The molecule has 0 aromatic rings. The van der Waals surface area contributed by atoms with Crippen molar-refractivity contribution in [3.05, 3.63) is 0 Å². The fourth-order valence-corrected chi connectivity index (χ4v) is 2.17. The summed E-state index contributed by atoms with van der Waals surface area (Å²) in [6, 6.07) is 0.471. The van der Waals surface area contributed by atoms with E-state index in [9.17, 15) is 4.79 Å². The molecule has 110 valence electrons. The Hall–Kier alpha value is -1.26. The van der Waals surface area contributed by atoms with Crippen LogP contribution in [0.2, 0.25) is 0 Å². The average molecular weight is 269 g/mol. The van der Waals surface area contributed by atoms with Gasteiger partial charge in [0, 0.05) is 13.1 Å². The lowest BCUT2D eigenvalue weighted by Gasteiger charge is -2.25. The van der Waals surface area contributed by atoms with Crippen LogP contribution in [-0.2, 0) is 9.53 Å². The number of carbonyl (C=O) groups excluding carboxylic acids is 1. The molecule has 19 heavy (non-hydrogen) atoms. The molecule has 1 fully saturated rings.